The molecule has 2 atom stereocenters. The first-order chi connectivity index (χ1) is 12.2. The van der Waals surface area contributed by atoms with Gasteiger partial charge in [0.2, 0.25) is 17.7 Å². The van der Waals surface area contributed by atoms with Gasteiger partial charge in [0.1, 0.15) is 6.04 Å². The predicted octanol–water partition coefficient (Wildman–Crippen LogP) is -1.71. The van der Waals surface area contributed by atoms with E-state index in [-0.39, 0.29) is 25.4 Å². The topological polar surface area (TPSA) is 177 Å². The average Bonchev–Trinajstić information content (AvgIpc) is 2.56. The van der Waals surface area contributed by atoms with Crippen LogP contribution in [0.4, 0.5) is 0 Å². The number of hydrogen-bond donors (Lipinski definition) is 6. The Balaban J connectivity index is 4.11. The summed E-state index contributed by atoms with van der Waals surface area (Å²) in [5.74, 6) is -2.68. The van der Waals surface area contributed by atoms with Crippen LogP contribution in [0.1, 0.15) is 39.5 Å². The molecule has 0 aromatic heterocycles. The molecule has 0 rings (SSSR count). The molecule has 10 heteroatoms. The second-order valence-electron chi connectivity index (χ2n) is 6.47. The summed E-state index contributed by atoms with van der Waals surface area (Å²) in [6.07, 6.45) is 2.25. The third-order valence-electron chi connectivity index (χ3n) is 3.52. The van der Waals surface area contributed by atoms with Gasteiger partial charge in [-0.05, 0) is 31.7 Å². The molecule has 0 aromatic rings. The lowest BCUT2D eigenvalue weighted by Crippen LogP contribution is -2.48. The molecule has 0 aliphatic heterocycles. The fourth-order valence-electron chi connectivity index (χ4n) is 2.12. The normalized spacial score (nSPS) is 13.0. The number of unbranched alkanes of at least 4 members (excludes halogenated alkanes) is 1. The van der Waals surface area contributed by atoms with Gasteiger partial charge < -0.3 is 32.5 Å². The molecule has 0 spiro atoms. The predicted molar refractivity (Wildman–Crippen MR) is 95.9 cm³/mol. The second-order valence-corrected chi connectivity index (χ2v) is 6.47. The molecule has 0 aliphatic rings. The highest BCUT2D eigenvalue weighted by Crippen LogP contribution is 2.04. The smallest absolute Gasteiger partial charge is 0.326 e. The number of carbonyl (C=O) groups excluding carboxylic acids is 3. The Kier molecular flexibility index (Phi) is 12.0. The molecule has 10 nitrogen and oxygen atoms in total. The van der Waals surface area contributed by atoms with Gasteiger partial charge >= 0.3 is 5.97 Å². The Morgan fingerprint density at radius 3 is 2.15 bits per heavy atom. The van der Waals surface area contributed by atoms with Crippen LogP contribution >= 0.6 is 0 Å². The zero-order valence-corrected chi connectivity index (χ0v) is 15.4. The highest BCUT2D eigenvalue weighted by atomic mass is 16.4. The molecule has 26 heavy (non-hydrogen) atoms. The SMILES string of the molecule is CC(C)CC(NC(=O)CNC(=O)CNC(=O)C(N)CCCCN)C(=O)O. The Hall–Kier alpha value is -2.20. The van der Waals surface area contributed by atoms with E-state index in [9.17, 15) is 19.2 Å². The number of carboxylic acid groups (broad SMARTS) is 1. The summed E-state index contributed by atoms with van der Waals surface area (Å²) in [4.78, 5) is 46.2. The van der Waals surface area contributed by atoms with Crippen molar-refractivity contribution in [3.8, 4) is 0 Å². The van der Waals surface area contributed by atoms with Crippen molar-refractivity contribution in [2.24, 2.45) is 17.4 Å². The monoisotopic (exact) mass is 373 g/mol. The minimum atomic E-state index is -1.13. The Labute approximate surface area is 153 Å². The van der Waals surface area contributed by atoms with E-state index in [0.717, 1.165) is 12.8 Å². The number of hydrogen-bond acceptors (Lipinski definition) is 6. The van der Waals surface area contributed by atoms with Crippen molar-refractivity contribution in [3.63, 3.8) is 0 Å². The molecule has 0 heterocycles. The number of carbonyl (C=O) groups is 4. The van der Waals surface area contributed by atoms with Crippen LogP contribution in [-0.4, -0.2) is 60.5 Å². The maximum atomic E-state index is 11.7. The van der Waals surface area contributed by atoms with Crippen molar-refractivity contribution in [2.45, 2.75) is 51.6 Å². The van der Waals surface area contributed by atoms with Crippen LogP contribution in [0.15, 0.2) is 0 Å². The fraction of sp³-hybridized carbons (Fsp3) is 0.750. The third kappa shape index (κ3) is 11.4. The van der Waals surface area contributed by atoms with Crippen LogP contribution in [-0.2, 0) is 19.2 Å². The zero-order valence-electron chi connectivity index (χ0n) is 15.4. The minimum absolute atomic E-state index is 0.0928. The number of nitrogens with one attached hydrogen (secondary N) is 3. The van der Waals surface area contributed by atoms with Crippen LogP contribution in [0.2, 0.25) is 0 Å². The second kappa shape index (κ2) is 13.1. The van der Waals surface area contributed by atoms with Crippen molar-refractivity contribution in [1.29, 1.82) is 0 Å². The summed E-state index contributed by atoms with van der Waals surface area (Å²) >= 11 is 0. The maximum Gasteiger partial charge on any atom is 0.326 e. The van der Waals surface area contributed by atoms with E-state index < -0.39 is 35.8 Å². The van der Waals surface area contributed by atoms with Crippen LogP contribution < -0.4 is 27.4 Å². The lowest BCUT2D eigenvalue weighted by molar-refractivity contribution is -0.142. The van der Waals surface area contributed by atoms with Crippen molar-refractivity contribution in [2.75, 3.05) is 19.6 Å². The Bertz CT molecular complexity index is 484. The first kappa shape index (κ1) is 23.8. The van der Waals surface area contributed by atoms with Gasteiger partial charge in [-0.15, -0.1) is 0 Å². The summed E-state index contributed by atoms with van der Waals surface area (Å²) in [6, 6.07) is -1.73. The third-order valence-corrected chi connectivity index (χ3v) is 3.52. The number of amides is 3. The van der Waals surface area contributed by atoms with Gasteiger partial charge in [-0.3, -0.25) is 14.4 Å². The summed E-state index contributed by atoms with van der Waals surface area (Å²) in [5, 5.41) is 16.1. The summed E-state index contributed by atoms with van der Waals surface area (Å²) in [5.41, 5.74) is 11.0. The van der Waals surface area contributed by atoms with E-state index in [0.29, 0.717) is 13.0 Å². The quantitative estimate of drug-likeness (QED) is 0.208. The number of carboxylic acids is 1. The van der Waals surface area contributed by atoms with Gasteiger partial charge in [0.15, 0.2) is 0 Å². The molecule has 0 aliphatic carbocycles. The maximum absolute atomic E-state index is 11.7. The first-order valence-corrected chi connectivity index (χ1v) is 8.69. The van der Waals surface area contributed by atoms with Crippen LogP contribution in [0.3, 0.4) is 0 Å². The lowest BCUT2D eigenvalue weighted by Gasteiger charge is -2.16. The number of aliphatic carboxylic acids is 1. The molecule has 150 valence electrons. The highest BCUT2D eigenvalue weighted by Gasteiger charge is 2.21. The molecule has 0 fully saturated rings. The Morgan fingerprint density at radius 2 is 1.62 bits per heavy atom. The van der Waals surface area contributed by atoms with Crippen LogP contribution in [0.5, 0.6) is 0 Å². The van der Waals surface area contributed by atoms with Crippen LogP contribution in [0.25, 0.3) is 0 Å². The molecule has 0 saturated carbocycles. The van der Waals surface area contributed by atoms with Gasteiger partial charge in [0.05, 0.1) is 19.1 Å². The van der Waals surface area contributed by atoms with E-state index >= 15 is 0 Å². The molecule has 0 radical (unpaired) electrons. The first-order valence-electron chi connectivity index (χ1n) is 8.69. The summed E-state index contributed by atoms with van der Waals surface area (Å²) in [6.45, 7) is 3.52. The minimum Gasteiger partial charge on any atom is -0.480 e. The van der Waals surface area contributed by atoms with Crippen molar-refractivity contribution in [1.82, 2.24) is 16.0 Å². The van der Waals surface area contributed by atoms with Crippen molar-refractivity contribution < 1.29 is 24.3 Å². The molecular formula is C16H31N5O5. The summed E-state index contributed by atoms with van der Waals surface area (Å²) < 4.78 is 0. The van der Waals surface area contributed by atoms with Crippen molar-refractivity contribution >= 4 is 23.7 Å². The van der Waals surface area contributed by atoms with Gasteiger partial charge in [-0.25, -0.2) is 4.79 Å². The average molecular weight is 373 g/mol. The van der Waals surface area contributed by atoms with E-state index in [4.69, 9.17) is 16.6 Å². The molecule has 0 saturated heterocycles. The molecule has 2 unspecified atom stereocenters. The summed E-state index contributed by atoms with van der Waals surface area (Å²) in [7, 11) is 0. The van der Waals surface area contributed by atoms with Gasteiger partial charge in [0, 0.05) is 0 Å². The largest absolute Gasteiger partial charge is 0.480 e. The van der Waals surface area contributed by atoms with Gasteiger partial charge in [0.25, 0.3) is 0 Å². The van der Waals surface area contributed by atoms with Gasteiger partial charge in [-0.2, -0.15) is 0 Å². The van der Waals surface area contributed by atoms with E-state index in [1.807, 2.05) is 13.8 Å². The highest BCUT2D eigenvalue weighted by molar-refractivity contribution is 5.90. The lowest BCUT2D eigenvalue weighted by atomic mass is 10.0. The van der Waals surface area contributed by atoms with E-state index in [1.54, 1.807) is 0 Å². The van der Waals surface area contributed by atoms with Gasteiger partial charge in [-0.1, -0.05) is 20.3 Å². The Morgan fingerprint density at radius 1 is 1.00 bits per heavy atom. The zero-order chi connectivity index (χ0) is 20.1. The standard InChI is InChI=1S/C16H31N5O5/c1-10(2)7-12(16(25)26)21-14(23)9-19-13(22)8-20-15(24)11(18)5-3-4-6-17/h10-12H,3-9,17-18H2,1-2H3,(H,19,22)(H,20,24)(H,21,23)(H,25,26). The van der Waals surface area contributed by atoms with Crippen LogP contribution in [0, 0.1) is 5.92 Å². The molecule has 3 amide bonds. The molecule has 0 bridgehead atoms. The molecule has 0 aromatic carbocycles. The van der Waals surface area contributed by atoms with Crippen molar-refractivity contribution in [3.05, 3.63) is 0 Å². The molecular weight excluding hydrogens is 342 g/mol. The number of rotatable bonds is 13. The van der Waals surface area contributed by atoms with E-state index in [2.05, 4.69) is 16.0 Å². The molecule has 8 N–H and O–H groups in total. The van der Waals surface area contributed by atoms with E-state index in [1.165, 1.54) is 0 Å². The fourth-order valence-corrected chi connectivity index (χ4v) is 2.12. The number of nitrogens with two attached hydrogens (primary N) is 2.